The Morgan fingerprint density at radius 2 is 2.20 bits per heavy atom. The Kier molecular flexibility index (Phi) is 5.98. The summed E-state index contributed by atoms with van der Waals surface area (Å²) in [7, 11) is 1.62. The lowest BCUT2D eigenvalue weighted by Crippen LogP contribution is -2.35. The number of piperidine rings is 1. The van der Waals surface area contributed by atoms with Gasteiger partial charge in [-0.2, -0.15) is 4.52 Å². The number of carbonyl (C=O) groups is 1. The first-order valence-corrected chi connectivity index (χ1v) is 10.9. The largest absolute Gasteiger partial charge is 0.496 e. The van der Waals surface area contributed by atoms with Crippen LogP contribution in [0.25, 0.3) is 4.96 Å². The molecule has 4 rings (SSSR count). The number of para-hydroxylation sites is 1. The van der Waals surface area contributed by atoms with Crippen LogP contribution in [0.5, 0.6) is 5.75 Å². The lowest BCUT2D eigenvalue weighted by atomic mass is 10.0. The number of hydrogen-bond donors (Lipinski definition) is 1. The molecule has 3 heterocycles. The van der Waals surface area contributed by atoms with Crippen LogP contribution < -0.4 is 20.5 Å². The van der Waals surface area contributed by atoms with E-state index in [1.807, 2.05) is 24.3 Å². The molecule has 1 aliphatic rings. The van der Waals surface area contributed by atoms with Crippen LogP contribution >= 0.6 is 11.3 Å². The molecule has 0 aliphatic carbocycles. The van der Waals surface area contributed by atoms with Crippen molar-refractivity contribution in [1.82, 2.24) is 19.9 Å². The highest BCUT2D eigenvalue weighted by atomic mass is 32.1. The molecule has 0 spiro atoms. The summed E-state index contributed by atoms with van der Waals surface area (Å²) in [6.07, 6.45) is 4.26. The predicted octanol–water partition coefficient (Wildman–Crippen LogP) is 2.37. The maximum Gasteiger partial charge on any atom is 0.288 e. The normalized spacial score (nSPS) is 16.6. The molecular formula is C21H25N5O3S. The number of nitrogens with one attached hydrogen (secondary N) is 1. The van der Waals surface area contributed by atoms with Gasteiger partial charge < -0.3 is 15.0 Å². The van der Waals surface area contributed by atoms with Gasteiger partial charge in [0.2, 0.25) is 10.1 Å². The number of fused-ring (bicyclic) bond motifs is 1. The minimum atomic E-state index is -0.446. The SMILES string of the molecule is COc1ccccc1CCNC(=O)c1cnc2sc(N3CCC[C@H](C)C3)nn2c1=O. The molecule has 9 heteroatoms. The van der Waals surface area contributed by atoms with Crippen molar-refractivity contribution in [3.05, 3.63) is 51.9 Å². The highest BCUT2D eigenvalue weighted by molar-refractivity contribution is 7.20. The average molecular weight is 428 g/mol. The summed E-state index contributed by atoms with van der Waals surface area (Å²) in [4.78, 5) is 32.4. The average Bonchev–Trinajstić information content (AvgIpc) is 3.20. The van der Waals surface area contributed by atoms with Crippen LogP contribution in [-0.4, -0.2) is 47.2 Å². The number of anilines is 1. The van der Waals surface area contributed by atoms with Crippen LogP contribution in [0.15, 0.2) is 35.3 Å². The number of rotatable bonds is 6. The Balaban J connectivity index is 1.47. The molecular weight excluding hydrogens is 402 g/mol. The van der Waals surface area contributed by atoms with Gasteiger partial charge in [0.15, 0.2) is 0 Å². The molecule has 158 valence electrons. The van der Waals surface area contributed by atoms with E-state index in [1.165, 1.54) is 28.5 Å². The highest BCUT2D eigenvalue weighted by Crippen LogP contribution is 2.26. The summed E-state index contributed by atoms with van der Waals surface area (Å²) >= 11 is 1.38. The molecule has 2 aromatic heterocycles. The van der Waals surface area contributed by atoms with Crippen LogP contribution in [0, 0.1) is 5.92 Å². The Morgan fingerprint density at radius 1 is 1.37 bits per heavy atom. The van der Waals surface area contributed by atoms with E-state index in [2.05, 4.69) is 27.2 Å². The molecule has 8 nitrogen and oxygen atoms in total. The van der Waals surface area contributed by atoms with Crippen LogP contribution in [0.1, 0.15) is 35.7 Å². The van der Waals surface area contributed by atoms with E-state index in [4.69, 9.17) is 4.74 Å². The third-order valence-corrected chi connectivity index (χ3v) is 6.30. The second-order valence-electron chi connectivity index (χ2n) is 7.57. The van der Waals surface area contributed by atoms with Crippen LogP contribution in [-0.2, 0) is 6.42 Å². The summed E-state index contributed by atoms with van der Waals surface area (Å²) in [6.45, 7) is 4.45. The van der Waals surface area contributed by atoms with Gasteiger partial charge in [0.25, 0.3) is 11.5 Å². The number of aromatic nitrogens is 3. The fraction of sp³-hybridized carbons (Fsp3) is 0.429. The van der Waals surface area contributed by atoms with E-state index in [-0.39, 0.29) is 5.56 Å². The molecule has 1 atom stereocenters. The quantitative estimate of drug-likeness (QED) is 0.650. The van der Waals surface area contributed by atoms with Gasteiger partial charge in [0.1, 0.15) is 11.3 Å². The van der Waals surface area contributed by atoms with Crippen molar-refractivity contribution in [3.8, 4) is 5.75 Å². The van der Waals surface area contributed by atoms with Crippen molar-refractivity contribution in [2.45, 2.75) is 26.2 Å². The van der Waals surface area contributed by atoms with E-state index in [1.54, 1.807) is 7.11 Å². The van der Waals surface area contributed by atoms with E-state index in [0.29, 0.717) is 23.8 Å². The topological polar surface area (TPSA) is 88.8 Å². The van der Waals surface area contributed by atoms with Gasteiger partial charge in [-0.25, -0.2) is 4.98 Å². The van der Waals surface area contributed by atoms with Gasteiger partial charge in [-0.05, 0) is 36.8 Å². The Bertz CT molecular complexity index is 1110. The highest BCUT2D eigenvalue weighted by Gasteiger charge is 2.22. The van der Waals surface area contributed by atoms with Gasteiger partial charge in [-0.15, -0.1) is 5.10 Å². The number of amides is 1. The number of carbonyl (C=O) groups excluding carboxylic acids is 1. The first kappa shape index (κ1) is 20.3. The lowest BCUT2D eigenvalue weighted by Gasteiger charge is -2.30. The van der Waals surface area contributed by atoms with E-state index in [9.17, 15) is 9.59 Å². The standard InChI is InChI=1S/C21H25N5O3S/c1-14-6-5-11-25(13-14)21-24-26-19(28)16(12-23-20(26)30-21)18(27)22-10-9-15-7-3-4-8-17(15)29-2/h3-4,7-8,12,14H,5-6,9-11,13H2,1-2H3,(H,22,27)/t14-/m0/s1. The monoisotopic (exact) mass is 427 g/mol. The smallest absolute Gasteiger partial charge is 0.288 e. The second-order valence-corrected chi connectivity index (χ2v) is 8.50. The van der Waals surface area contributed by atoms with Crippen LogP contribution in [0.2, 0.25) is 0 Å². The van der Waals surface area contributed by atoms with Crippen molar-refractivity contribution in [2.24, 2.45) is 5.92 Å². The maximum absolute atomic E-state index is 12.8. The third kappa shape index (κ3) is 4.16. The van der Waals surface area contributed by atoms with Gasteiger partial charge in [0, 0.05) is 25.8 Å². The number of benzene rings is 1. The first-order valence-electron chi connectivity index (χ1n) is 10.1. The van der Waals surface area contributed by atoms with Crippen molar-refractivity contribution in [2.75, 3.05) is 31.6 Å². The number of methoxy groups -OCH3 is 1. The number of hydrogen-bond acceptors (Lipinski definition) is 7. The molecule has 0 bridgehead atoms. The molecule has 1 amide bonds. The van der Waals surface area contributed by atoms with Crippen molar-refractivity contribution in [1.29, 1.82) is 0 Å². The zero-order valence-electron chi connectivity index (χ0n) is 17.1. The molecule has 1 aromatic carbocycles. The van der Waals surface area contributed by atoms with E-state index >= 15 is 0 Å². The third-order valence-electron chi connectivity index (χ3n) is 5.32. The minimum Gasteiger partial charge on any atom is -0.496 e. The molecule has 1 saturated heterocycles. The zero-order valence-corrected chi connectivity index (χ0v) is 17.9. The Labute approximate surface area is 178 Å². The molecule has 0 radical (unpaired) electrons. The van der Waals surface area contributed by atoms with Crippen molar-refractivity contribution >= 4 is 27.3 Å². The second kappa shape index (κ2) is 8.83. The molecule has 1 aliphatic heterocycles. The van der Waals surface area contributed by atoms with Gasteiger partial charge in [0.05, 0.1) is 7.11 Å². The van der Waals surface area contributed by atoms with Crippen LogP contribution in [0.3, 0.4) is 0 Å². The fourth-order valence-electron chi connectivity index (χ4n) is 3.74. The van der Waals surface area contributed by atoms with Crippen molar-refractivity contribution in [3.63, 3.8) is 0 Å². The molecule has 0 unspecified atom stereocenters. The summed E-state index contributed by atoms with van der Waals surface area (Å²) in [5.74, 6) is 0.926. The Morgan fingerprint density at radius 3 is 3.00 bits per heavy atom. The molecule has 30 heavy (non-hydrogen) atoms. The molecule has 1 fully saturated rings. The molecule has 1 N–H and O–H groups in total. The maximum atomic E-state index is 12.8. The van der Waals surface area contributed by atoms with Crippen LogP contribution in [0.4, 0.5) is 5.13 Å². The minimum absolute atomic E-state index is 0.00334. The van der Waals surface area contributed by atoms with Gasteiger partial charge >= 0.3 is 0 Å². The molecule has 0 saturated carbocycles. The number of nitrogens with zero attached hydrogens (tertiary/aromatic N) is 4. The summed E-state index contributed by atoms with van der Waals surface area (Å²) < 4.78 is 6.57. The molecule has 3 aromatic rings. The summed E-state index contributed by atoms with van der Waals surface area (Å²) in [6, 6.07) is 7.65. The Hall–Kier alpha value is -2.94. The fourth-order valence-corrected chi connectivity index (χ4v) is 4.63. The lowest BCUT2D eigenvalue weighted by molar-refractivity contribution is 0.0952. The van der Waals surface area contributed by atoms with Crippen molar-refractivity contribution < 1.29 is 9.53 Å². The van der Waals surface area contributed by atoms with Gasteiger partial charge in [-0.3, -0.25) is 9.59 Å². The number of ether oxygens (including phenoxy) is 1. The van der Waals surface area contributed by atoms with Gasteiger partial charge in [-0.1, -0.05) is 36.5 Å². The first-order chi connectivity index (χ1) is 14.6. The summed E-state index contributed by atoms with van der Waals surface area (Å²) in [5, 5.41) is 8.03. The zero-order chi connectivity index (χ0) is 21.1. The summed E-state index contributed by atoms with van der Waals surface area (Å²) in [5.41, 5.74) is 0.546. The van der Waals surface area contributed by atoms with E-state index in [0.717, 1.165) is 36.0 Å². The predicted molar refractivity (Wildman–Crippen MR) is 117 cm³/mol. The van der Waals surface area contributed by atoms with E-state index < -0.39 is 11.5 Å².